The number of carbonyl (C=O) groups excluding carboxylic acids is 3. The molecule has 6 nitrogen and oxygen atoms in total. The van der Waals surface area contributed by atoms with Crippen molar-refractivity contribution in [2.75, 3.05) is 13.2 Å². The van der Waals surface area contributed by atoms with Gasteiger partial charge in [0.05, 0.1) is 0 Å². The zero-order valence-corrected chi connectivity index (χ0v) is 36.0. The summed E-state index contributed by atoms with van der Waals surface area (Å²) >= 11 is 0. The first-order chi connectivity index (χ1) is 26.5. The number of carbonyl (C=O) groups is 3. The Bertz CT molecular complexity index is 880. The van der Waals surface area contributed by atoms with Gasteiger partial charge in [0, 0.05) is 19.3 Å². The average molecular weight is 761 g/mol. The van der Waals surface area contributed by atoms with Crippen LogP contribution in [0.4, 0.5) is 0 Å². The van der Waals surface area contributed by atoms with Crippen molar-refractivity contribution < 1.29 is 28.6 Å². The van der Waals surface area contributed by atoms with E-state index in [1.165, 1.54) is 128 Å². The summed E-state index contributed by atoms with van der Waals surface area (Å²) in [5.41, 5.74) is 0. The lowest BCUT2D eigenvalue weighted by Gasteiger charge is -2.18. The summed E-state index contributed by atoms with van der Waals surface area (Å²) in [7, 11) is 0. The van der Waals surface area contributed by atoms with E-state index < -0.39 is 6.10 Å². The van der Waals surface area contributed by atoms with Crippen molar-refractivity contribution in [2.45, 2.75) is 252 Å². The highest BCUT2D eigenvalue weighted by molar-refractivity contribution is 5.71. The highest BCUT2D eigenvalue weighted by atomic mass is 16.6. The van der Waals surface area contributed by atoms with Crippen LogP contribution in [0.3, 0.4) is 0 Å². The molecule has 0 saturated carbocycles. The van der Waals surface area contributed by atoms with Crippen LogP contribution in [-0.4, -0.2) is 37.2 Å². The molecule has 0 aromatic rings. The Labute approximate surface area is 334 Å². The molecule has 0 bridgehead atoms. The van der Waals surface area contributed by atoms with Crippen LogP contribution in [0.1, 0.15) is 245 Å². The van der Waals surface area contributed by atoms with Gasteiger partial charge in [0.25, 0.3) is 0 Å². The third kappa shape index (κ3) is 41.1. The van der Waals surface area contributed by atoms with Crippen molar-refractivity contribution in [3.63, 3.8) is 0 Å². The molecular formula is C48H88O6. The van der Waals surface area contributed by atoms with Crippen LogP contribution in [0.15, 0.2) is 24.3 Å². The zero-order valence-electron chi connectivity index (χ0n) is 36.0. The second-order valence-electron chi connectivity index (χ2n) is 15.7. The van der Waals surface area contributed by atoms with Gasteiger partial charge in [-0.2, -0.15) is 0 Å². The van der Waals surface area contributed by atoms with Crippen LogP contribution < -0.4 is 0 Å². The van der Waals surface area contributed by atoms with Gasteiger partial charge >= 0.3 is 17.9 Å². The minimum atomic E-state index is -0.770. The molecule has 0 aliphatic heterocycles. The predicted octanol–water partition coefficient (Wildman–Crippen LogP) is 14.8. The third-order valence-electron chi connectivity index (χ3n) is 10.2. The molecule has 0 fully saturated rings. The SMILES string of the molecule is CCC/C=C\CCCCCCCC(=O)OCC(COC(=O)CCCCCCC/C=C\CCCCCCCC)OC(=O)CCCCCCCCCCCCC. The molecule has 0 N–H and O–H groups in total. The Morgan fingerprint density at radius 2 is 0.648 bits per heavy atom. The van der Waals surface area contributed by atoms with E-state index in [4.69, 9.17) is 14.2 Å². The van der Waals surface area contributed by atoms with Gasteiger partial charge in [0.2, 0.25) is 0 Å². The zero-order chi connectivity index (χ0) is 39.4. The molecule has 0 amide bonds. The van der Waals surface area contributed by atoms with E-state index in [1.807, 2.05) is 0 Å². The highest BCUT2D eigenvalue weighted by Crippen LogP contribution is 2.14. The Morgan fingerprint density at radius 1 is 0.352 bits per heavy atom. The maximum Gasteiger partial charge on any atom is 0.306 e. The van der Waals surface area contributed by atoms with Crippen molar-refractivity contribution in [3.8, 4) is 0 Å². The van der Waals surface area contributed by atoms with Gasteiger partial charge in [-0.15, -0.1) is 0 Å². The summed E-state index contributed by atoms with van der Waals surface area (Å²) in [4.78, 5) is 37.7. The van der Waals surface area contributed by atoms with Crippen molar-refractivity contribution in [2.24, 2.45) is 0 Å². The predicted molar refractivity (Wildman–Crippen MR) is 229 cm³/mol. The summed E-state index contributed by atoms with van der Waals surface area (Å²) < 4.78 is 16.7. The fourth-order valence-electron chi connectivity index (χ4n) is 6.61. The van der Waals surface area contributed by atoms with E-state index in [-0.39, 0.29) is 31.1 Å². The standard InChI is InChI=1S/C48H88O6/c1-4-7-10-13-16-19-22-23-24-25-27-29-32-35-38-41-47(50)53-44-45(43-52-46(49)40-37-34-31-28-21-18-15-12-9-6-3)54-48(51)42-39-36-33-30-26-20-17-14-11-8-5-2/h12,15,23-24,45H,4-11,13-14,16-22,25-44H2,1-3H3/b15-12-,24-23-. The number of unbranched alkanes of at least 4 members (excludes halogenated alkanes) is 27. The molecule has 316 valence electrons. The van der Waals surface area contributed by atoms with Crippen LogP contribution in [0.25, 0.3) is 0 Å². The molecule has 0 radical (unpaired) electrons. The summed E-state index contributed by atoms with van der Waals surface area (Å²) in [6.45, 7) is 6.55. The van der Waals surface area contributed by atoms with Gasteiger partial charge in [-0.05, 0) is 64.2 Å². The van der Waals surface area contributed by atoms with Crippen LogP contribution in [-0.2, 0) is 28.6 Å². The first-order valence-corrected chi connectivity index (χ1v) is 23.3. The second kappa shape index (κ2) is 43.6. The number of ether oxygens (including phenoxy) is 3. The Balaban J connectivity index is 4.34. The first kappa shape index (κ1) is 51.9. The number of hydrogen-bond donors (Lipinski definition) is 0. The lowest BCUT2D eigenvalue weighted by atomic mass is 10.1. The maximum absolute atomic E-state index is 12.7. The van der Waals surface area contributed by atoms with E-state index >= 15 is 0 Å². The van der Waals surface area contributed by atoms with Crippen LogP contribution >= 0.6 is 0 Å². The van der Waals surface area contributed by atoms with Gasteiger partial charge in [0.15, 0.2) is 6.10 Å². The number of rotatable bonds is 42. The molecule has 54 heavy (non-hydrogen) atoms. The molecular weight excluding hydrogens is 673 g/mol. The quantitative estimate of drug-likeness (QED) is 0.0267. The molecule has 0 spiro atoms. The molecule has 0 rings (SSSR count). The Morgan fingerprint density at radius 3 is 1.00 bits per heavy atom. The lowest BCUT2D eigenvalue weighted by Crippen LogP contribution is -2.30. The van der Waals surface area contributed by atoms with Gasteiger partial charge in [0.1, 0.15) is 13.2 Å². The number of esters is 3. The van der Waals surface area contributed by atoms with E-state index in [0.29, 0.717) is 19.3 Å². The molecule has 0 heterocycles. The summed E-state index contributed by atoms with van der Waals surface area (Å²) in [5.74, 6) is -0.889. The van der Waals surface area contributed by atoms with Gasteiger partial charge in [-0.25, -0.2) is 0 Å². The molecule has 1 unspecified atom stereocenters. The van der Waals surface area contributed by atoms with Gasteiger partial charge < -0.3 is 14.2 Å². The minimum Gasteiger partial charge on any atom is -0.462 e. The molecule has 0 aliphatic rings. The van der Waals surface area contributed by atoms with E-state index in [2.05, 4.69) is 45.1 Å². The Kier molecular flexibility index (Phi) is 41.9. The number of allylic oxidation sites excluding steroid dienone is 4. The summed E-state index contributed by atoms with van der Waals surface area (Å²) in [6, 6.07) is 0. The molecule has 0 aliphatic carbocycles. The maximum atomic E-state index is 12.7. The van der Waals surface area contributed by atoms with Gasteiger partial charge in [-0.3, -0.25) is 14.4 Å². The normalized spacial score (nSPS) is 12.1. The van der Waals surface area contributed by atoms with Crippen molar-refractivity contribution in [3.05, 3.63) is 24.3 Å². The molecule has 0 aromatic carbocycles. The summed E-state index contributed by atoms with van der Waals surface area (Å²) in [5, 5.41) is 0. The van der Waals surface area contributed by atoms with Crippen molar-refractivity contribution in [1.29, 1.82) is 0 Å². The molecule has 0 saturated heterocycles. The van der Waals surface area contributed by atoms with E-state index in [0.717, 1.165) is 77.0 Å². The average Bonchev–Trinajstić information content (AvgIpc) is 3.17. The fourth-order valence-corrected chi connectivity index (χ4v) is 6.61. The monoisotopic (exact) mass is 761 g/mol. The smallest absolute Gasteiger partial charge is 0.306 e. The van der Waals surface area contributed by atoms with Crippen LogP contribution in [0.2, 0.25) is 0 Å². The van der Waals surface area contributed by atoms with Gasteiger partial charge in [-0.1, -0.05) is 186 Å². The third-order valence-corrected chi connectivity index (χ3v) is 10.2. The molecule has 1 atom stereocenters. The van der Waals surface area contributed by atoms with Crippen LogP contribution in [0, 0.1) is 0 Å². The summed E-state index contributed by atoms with van der Waals surface area (Å²) in [6.07, 6.45) is 47.3. The van der Waals surface area contributed by atoms with Crippen molar-refractivity contribution >= 4 is 17.9 Å². The topological polar surface area (TPSA) is 78.9 Å². The van der Waals surface area contributed by atoms with E-state index in [9.17, 15) is 14.4 Å². The highest BCUT2D eigenvalue weighted by Gasteiger charge is 2.19. The second-order valence-corrected chi connectivity index (χ2v) is 15.7. The van der Waals surface area contributed by atoms with Crippen molar-refractivity contribution in [1.82, 2.24) is 0 Å². The van der Waals surface area contributed by atoms with Crippen LogP contribution in [0.5, 0.6) is 0 Å². The fraction of sp³-hybridized carbons (Fsp3) is 0.854. The molecule has 6 heteroatoms. The lowest BCUT2D eigenvalue weighted by molar-refractivity contribution is -0.167. The van der Waals surface area contributed by atoms with E-state index in [1.54, 1.807) is 0 Å². The molecule has 0 aromatic heterocycles. The number of hydrogen-bond acceptors (Lipinski definition) is 6. The Hall–Kier alpha value is -2.11. The largest absolute Gasteiger partial charge is 0.462 e. The minimum absolute atomic E-state index is 0.0755. The first-order valence-electron chi connectivity index (χ1n) is 23.3.